The van der Waals surface area contributed by atoms with Crippen LogP contribution in [0.3, 0.4) is 0 Å². The van der Waals surface area contributed by atoms with Gasteiger partial charge < -0.3 is 0 Å². The van der Waals surface area contributed by atoms with E-state index in [1.165, 1.54) is 22.7 Å². The highest BCUT2D eigenvalue weighted by Gasteiger charge is 2.12. The molecule has 0 radical (unpaired) electrons. The van der Waals surface area contributed by atoms with E-state index in [0.717, 1.165) is 0 Å². The molecular formula is C20H27N5O. The molecule has 1 aromatic heterocycles. The lowest BCUT2D eigenvalue weighted by molar-refractivity contribution is 0.100. The minimum Gasteiger partial charge on any atom is -0.294 e. The predicted octanol–water partition coefficient (Wildman–Crippen LogP) is 2.80. The lowest BCUT2D eigenvalue weighted by Gasteiger charge is -2.19. The number of rotatable bonds is 6. The second-order valence-electron chi connectivity index (χ2n) is 7.28. The summed E-state index contributed by atoms with van der Waals surface area (Å²) < 4.78 is 1.37. The zero-order chi connectivity index (χ0) is 19.3. The number of hydrogen-bond donors (Lipinski definition) is 1. The van der Waals surface area contributed by atoms with Crippen LogP contribution in [0.25, 0.3) is 0 Å². The molecule has 0 fully saturated rings. The SMILES string of the molecule is C=Nn1c(C(C)=O)cc(C)n/c1=N/CNCc1ccc(C(C)(C)C)cc1. The van der Waals surface area contributed by atoms with E-state index in [4.69, 9.17) is 0 Å². The molecule has 0 aliphatic rings. The summed E-state index contributed by atoms with van der Waals surface area (Å²) in [5, 5.41) is 7.13. The number of aromatic nitrogens is 2. The van der Waals surface area contributed by atoms with Gasteiger partial charge in [-0.1, -0.05) is 45.0 Å². The Kier molecular flexibility index (Phi) is 6.21. The highest BCUT2D eigenvalue weighted by Crippen LogP contribution is 2.22. The predicted molar refractivity (Wildman–Crippen MR) is 104 cm³/mol. The summed E-state index contributed by atoms with van der Waals surface area (Å²) in [6.07, 6.45) is 0. The number of carbonyl (C=O) groups excluding carboxylic acids is 1. The molecule has 6 heteroatoms. The van der Waals surface area contributed by atoms with Crippen molar-refractivity contribution in [3.8, 4) is 0 Å². The molecule has 138 valence electrons. The molecule has 2 aromatic rings. The lowest BCUT2D eigenvalue weighted by atomic mass is 9.87. The van der Waals surface area contributed by atoms with Crippen molar-refractivity contribution in [3.05, 3.63) is 58.5 Å². The minimum atomic E-state index is -0.105. The molecule has 2 rings (SSSR count). The van der Waals surface area contributed by atoms with E-state index >= 15 is 0 Å². The quantitative estimate of drug-likeness (QED) is 0.493. The van der Waals surface area contributed by atoms with Crippen molar-refractivity contribution in [3.63, 3.8) is 0 Å². The second-order valence-corrected chi connectivity index (χ2v) is 7.28. The van der Waals surface area contributed by atoms with Crippen LogP contribution >= 0.6 is 0 Å². The van der Waals surface area contributed by atoms with Gasteiger partial charge in [-0.3, -0.25) is 10.1 Å². The van der Waals surface area contributed by atoms with Crippen LogP contribution in [0.4, 0.5) is 0 Å². The van der Waals surface area contributed by atoms with Crippen LogP contribution in [-0.2, 0) is 12.0 Å². The van der Waals surface area contributed by atoms with E-state index in [9.17, 15) is 4.79 Å². The fraction of sp³-hybridized carbons (Fsp3) is 0.400. The van der Waals surface area contributed by atoms with Gasteiger partial charge in [-0.2, -0.15) is 9.78 Å². The van der Waals surface area contributed by atoms with Gasteiger partial charge in [0.1, 0.15) is 5.69 Å². The number of aryl methyl sites for hydroxylation is 1. The van der Waals surface area contributed by atoms with Crippen molar-refractivity contribution in [1.82, 2.24) is 15.0 Å². The average Bonchev–Trinajstić information content (AvgIpc) is 2.57. The van der Waals surface area contributed by atoms with Gasteiger partial charge in [-0.15, -0.1) is 0 Å². The first kappa shape index (κ1) is 19.7. The Hall–Kier alpha value is -2.60. The summed E-state index contributed by atoms with van der Waals surface area (Å²) >= 11 is 0. The first-order chi connectivity index (χ1) is 12.2. The smallest absolute Gasteiger partial charge is 0.248 e. The number of hydrogen-bond acceptors (Lipinski definition) is 5. The maximum absolute atomic E-state index is 11.7. The summed E-state index contributed by atoms with van der Waals surface area (Å²) in [7, 11) is 0. The van der Waals surface area contributed by atoms with E-state index in [-0.39, 0.29) is 11.2 Å². The number of Topliss-reactive ketones (excluding diaryl/α,β-unsaturated/α-hetero) is 1. The number of nitrogens with zero attached hydrogens (tertiary/aromatic N) is 4. The van der Waals surface area contributed by atoms with Gasteiger partial charge in [0, 0.05) is 25.9 Å². The third-order valence-corrected chi connectivity index (χ3v) is 4.02. The Morgan fingerprint density at radius 3 is 2.46 bits per heavy atom. The largest absolute Gasteiger partial charge is 0.294 e. The topological polar surface area (TPSA) is 71.6 Å². The number of nitrogens with one attached hydrogen (secondary N) is 1. The van der Waals surface area contributed by atoms with Crippen molar-refractivity contribution in [2.24, 2.45) is 10.1 Å². The fourth-order valence-corrected chi connectivity index (χ4v) is 2.55. The summed E-state index contributed by atoms with van der Waals surface area (Å²) in [5.41, 5.74) is 4.14. The van der Waals surface area contributed by atoms with Crippen LogP contribution in [0.2, 0.25) is 0 Å². The maximum Gasteiger partial charge on any atom is 0.248 e. The van der Waals surface area contributed by atoms with Gasteiger partial charge >= 0.3 is 0 Å². The molecule has 6 nitrogen and oxygen atoms in total. The van der Waals surface area contributed by atoms with Gasteiger partial charge in [0.15, 0.2) is 5.78 Å². The zero-order valence-corrected chi connectivity index (χ0v) is 16.2. The van der Waals surface area contributed by atoms with Crippen molar-refractivity contribution >= 4 is 12.5 Å². The van der Waals surface area contributed by atoms with E-state index in [1.807, 2.05) is 6.92 Å². The van der Waals surface area contributed by atoms with E-state index in [2.05, 4.69) is 72.1 Å². The van der Waals surface area contributed by atoms with Crippen LogP contribution < -0.4 is 10.9 Å². The first-order valence-electron chi connectivity index (χ1n) is 8.61. The Bertz CT molecular complexity index is 857. The molecule has 0 unspecified atom stereocenters. The van der Waals surface area contributed by atoms with Gasteiger partial charge in [0.25, 0.3) is 0 Å². The number of carbonyl (C=O) groups is 1. The lowest BCUT2D eigenvalue weighted by Crippen LogP contribution is -2.28. The molecule has 0 aliphatic heterocycles. The molecule has 0 spiro atoms. The standard InChI is InChI=1S/C20H27N5O/c1-14-11-18(15(2)26)25(21-6)19(24-14)23-13-22-12-16-7-9-17(10-8-16)20(3,4)5/h7-11,22H,6,12-13H2,1-5H3/b23-19-. The van der Waals surface area contributed by atoms with Crippen molar-refractivity contribution < 1.29 is 4.79 Å². The third kappa shape index (κ3) is 4.95. The van der Waals surface area contributed by atoms with Gasteiger partial charge in [-0.25, -0.2) is 9.98 Å². The second kappa shape index (κ2) is 8.19. The minimum absolute atomic E-state index is 0.105. The molecule has 1 aromatic carbocycles. The van der Waals surface area contributed by atoms with Gasteiger partial charge in [-0.05, 0) is 29.5 Å². The van der Waals surface area contributed by atoms with Crippen LogP contribution in [0.5, 0.6) is 0 Å². The molecule has 0 amide bonds. The molecule has 0 saturated heterocycles. The third-order valence-electron chi connectivity index (χ3n) is 4.02. The Morgan fingerprint density at radius 1 is 1.27 bits per heavy atom. The molecule has 0 atom stereocenters. The number of benzene rings is 1. The molecule has 1 N–H and O–H groups in total. The molecule has 0 saturated carbocycles. The average molecular weight is 353 g/mol. The Morgan fingerprint density at radius 2 is 1.92 bits per heavy atom. The van der Waals surface area contributed by atoms with Crippen molar-refractivity contribution in [1.29, 1.82) is 0 Å². The van der Waals surface area contributed by atoms with E-state index in [1.54, 1.807) is 6.07 Å². The van der Waals surface area contributed by atoms with Gasteiger partial charge in [0.2, 0.25) is 5.62 Å². The zero-order valence-electron chi connectivity index (χ0n) is 16.2. The summed E-state index contributed by atoms with van der Waals surface area (Å²) in [5.74, 6) is -0.105. The van der Waals surface area contributed by atoms with Crippen molar-refractivity contribution in [2.75, 3.05) is 6.67 Å². The highest BCUT2D eigenvalue weighted by atomic mass is 16.1. The molecule has 0 bridgehead atoms. The van der Waals surface area contributed by atoms with Crippen molar-refractivity contribution in [2.45, 2.75) is 46.6 Å². The molecular weight excluding hydrogens is 326 g/mol. The highest BCUT2D eigenvalue weighted by molar-refractivity contribution is 5.92. The normalized spacial score (nSPS) is 12.3. The van der Waals surface area contributed by atoms with E-state index in [0.29, 0.717) is 30.2 Å². The molecule has 1 heterocycles. The fourth-order valence-electron chi connectivity index (χ4n) is 2.55. The van der Waals surface area contributed by atoms with Crippen LogP contribution in [-0.4, -0.2) is 28.8 Å². The van der Waals surface area contributed by atoms with Gasteiger partial charge in [0.05, 0.1) is 6.67 Å². The summed E-state index contributed by atoms with van der Waals surface area (Å²) in [4.78, 5) is 20.5. The Labute approximate surface area is 154 Å². The van der Waals surface area contributed by atoms with Crippen LogP contribution in [0.1, 0.15) is 55.0 Å². The number of ketones is 1. The molecule has 26 heavy (non-hydrogen) atoms. The summed E-state index contributed by atoms with van der Waals surface area (Å²) in [6.45, 7) is 14.5. The van der Waals surface area contributed by atoms with E-state index < -0.39 is 0 Å². The molecule has 0 aliphatic carbocycles. The van der Waals surface area contributed by atoms with Crippen LogP contribution in [0, 0.1) is 6.92 Å². The van der Waals surface area contributed by atoms with Crippen LogP contribution in [0.15, 0.2) is 40.4 Å². The maximum atomic E-state index is 11.7. The first-order valence-corrected chi connectivity index (χ1v) is 8.61. The monoisotopic (exact) mass is 353 g/mol. The summed E-state index contributed by atoms with van der Waals surface area (Å²) in [6, 6.07) is 10.2. The Balaban J connectivity index is 2.09.